The largest absolute Gasteiger partial charge is 0.311 e. The number of halogens is 1. The maximum Gasteiger partial charge on any atom is 0.230 e. The van der Waals surface area contributed by atoms with Crippen molar-refractivity contribution < 1.29 is 4.79 Å². The van der Waals surface area contributed by atoms with E-state index < -0.39 is 0 Å². The number of pyridine rings is 3. The molecule has 1 aliphatic rings. The molecule has 0 N–H and O–H groups in total. The molecular weight excluding hydrogens is 348 g/mol. The monoisotopic (exact) mass is 364 g/mol. The molecule has 0 spiro atoms. The van der Waals surface area contributed by atoms with E-state index in [1.807, 2.05) is 35.2 Å². The molecule has 3 aromatic rings. The Balaban J connectivity index is 1.47. The van der Waals surface area contributed by atoms with Crippen molar-refractivity contribution in [2.24, 2.45) is 5.92 Å². The van der Waals surface area contributed by atoms with Gasteiger partial charge in [0.2, 0.25) is 5.91 Å². The summed E-state index contributed by atoms with van der Waals surface area (Å²) in [7, 11) is 0. The van der Waals surface area contributed by atoms with E-state index in [9.17, 15) is 4.79 Å². The van der Waals surface area contributed by atoms with Crippen molar-refractivity contribution in [1.82, 2.24) is 15.0 Å². The van der Waals surface area contributed by atoms with Crippen LogP contribution in [0.2, 0.25) is 5.15 Å². The van der Waals surface area contributed by atoms with Crippen LogP contribution in [0.1, 0.15) is 12.0 Å². The quantitative estimate of drug-likeness (QED) is 0.661. The van der Waals surface area contributed by atoms with Crippen molar-refractivity contribution in [2.45, 2.75) is 12.8 Å². The average Bonchev–Trinajstić information content (AvgIpc) is 3.05. The van der Waals surface area contributed by atoms with E-state index in [4.69, 9.17) is 11.6 Å². The zero-order chi connectivity index (χ0) is 17.9. The lowest BCUT2D eigenvalue weighted by atomic mass is 9.99. The van der Waals surface area contributed by atoms with Crippen molar-refractivity contribution in [3.05, 3.63) is 71.9 Å². The molecule has 4 heterocycles. The highest BCUT2D eigenvalue weighted by atomic mass is 35.5. The highest BCUT2D eigenvalue weighted by Crippen LogP contribution is 2.28. The molecule has 5 nitrogen and oxygen atoms in total. The highest BCUT2D eigenvalue weighted by Gasteiger charge is 2.32. The second-order valence-corrected chi connectivity index (χ2v) is 6.69. The van der Waals surface area contributed by atoms with Crippen LogP contribution in [-0.4, -0.2) is 27.4 Å². The molecule has 1 fully saturated rings. The molecule has 1 atom stereocenters. The Morgan fingerprint density at radius 1 is 1.04 bits per heavy atom. The second-order valence-electron chi connectivity index (χ2n) is 6.31. The van der Waals surface area contributed by atoms with Gasteiger partial charge in [0.05, 0.1) is 17.6 Å². The Hall–Kier alpha value is -2.79. The van der Waals surface area contributed by atoms with Gasteiger partial charge in [-0.3, -0.25) is 14.8 Å². The minimum Gasteiger partial charge on any atom is -0.311 e. The summed E-state index contributed by atoms with van der Waals surface area (Å²) in [5.41, 5.74) is 3.74. The van der Waals surface area contributed by atoms with Crippen LogP contribution in [-0.2, 0) is 11.2 Å². The number of aromatic nitrogens is 3. The van der Waals surface area contributed by atoms with Gasteiger partial charge in [-0.25, -0.2) is 4.98 Å². The zero-order valence-corrected chi connectivity index (χ0v) is 14.8. The van der Waals surface area contributed by atoms with E-state index in [2.05, 4.69) is 15.0 Å². The first-order chi connectivity index (χ1) is 12.7. The van der Waals surface area contributed by atoms with E-state index in [0.717, 1.165) is 28.9 Å². The van der Waals surface area contributed by atoms with Crippen LogP contribution in [0.3, 0.4) is 0 Å². The SMILES string of the molecule is O=C1[C@@H](Cc2ccc(Cl)nc2)CCN1c1ccc(-c2ccncc2)nc1. The second kappa shape index (κ2) is 7.22. The maximum atomic E-state index is 12.8. The smallest absolute Gasteiger partial charge is 0.230 e. The number of rotatable bonds is 4. The van der Waals surface area contributed by atoms with E-state index >= 15 is 0 Å². The standard InChI is InChI=1S/C20H17ClN4O/c21-19-4-1-14(12-24-19)11-16-7-10-25(20(16)26)17-2-3-18(23-13-17)15-5-8-22-9-6-15/h1-6,8-9,12-13,16H,7,10-11H2/t16-/m1/s1. The van der Waals surface area contributed by atoms with Crippen molar-refractivity contribution in [1.29, 1.82) is 0 Å². The number of carbonyl (C=O) groups is 1. The Morgan fingerprint density at radius 3 is 2.58 bits per heavy atom. The first-order valence-corrected chi connectivity index (χ1v) is 8.87. The molecule has 1 amide bonds. The molecule has 6 heteroatoms. The van der Waals surface area contributed by atoms with Gasteiger partial charge in [0.25, 0.3) is 0 Å². The van der Waals surface area contributed by atoms with Gasteiger partial charge in [-0.05, 0) is 48.7 Å². The Kier molecular flexibility index (Phi) is 4.63. The summed E-state index contributed by atoms with van der Waals surface area (Å²) in [6.45, 7) is 0.709. The molecule has 0 radical (unpaired) electrons. The topological polar surface area (TPSA) is 59.0 Å². The lowest BCUT2D eigenvalue weighted by molar-refractivity contribution is -0.120. The summed E-state index contributed by atoms with van der Waals surface area (Å²) >= 11 is 5.82. The first kappa shape index (κ1) is 16.7. The van der Waals surface area contributed by atoms with Gasteiger partial charge in [0.1, 0.15) is 5.15 Å². The molecule has 1 aliphatic heterocycles. The van der Waals surface area contributed by atoms with Crippen molar-refractivity contribution in [2.75, 3.05) is 11.4 Å². The van der Waals surface area contributed by atoms with Gasteiger partial charge < -0.3 is 4.90 Å². The summed E-state index contributed by atoms with van der Waals surface area (Å²) < 4.78 is 0. The highest BCUT2D eigenvalue weighted by molar-refractivity contribution is 6.29. The van der Waals surface area contributed by atoms with E-state index in [1.54, 1.807) is 30.9 Å². The van der Waals surface area contributed by atoms with Crippen LogP contribution in [0.25, 0.3) is 11.3 Å². The fourth-order valence-electron chi connectivity index (χ4n) is 3.24. The predicted molar refractivity (Wildman–Crippen MR) is 101 cm³/mol. The van der Waals surface area contributed by atoms with Gasteiger partial charge >= 0.3 is 0 Å². The van der Waals surface area contributed by atoms with Crippen molar-refractivity contribution >= 4 is 23.2 Å². The number of nitrogens with zero attached hydrogens (tertiary/aromatic N) is 4. The molecule has 0 aromatic carbocycles. The first-order valence-electron chi connectivity index (χ1n) is 8.49. The fraction of sp³-hybridized carbons (Fsp3) is 0.200. The number of hydrogen-bond acceptors (Lipinski definition) is 4. The summed E-state index contributed by atoms with van der Waals surface area (Å²) in [5.74, 6) is 0.108. The number of amides is 1. The molecule has 0 aliphatic carbocycles. The van der Waals surface area contributed by atoms with Crippen LogP contribution < -0.4 is 4.90 Å². The van der Waals surface area contributed by atoms with Crippen LogP contribution >= 0.6 is 11.6 Å². The van der Waals surface area contributed by atoms with Gasteiger partial charge in [-0.15, -0.1) is 0 Å². The lowest BCUT2D eigenvalue weighted by Crippen LogP contribution is -2.27. The minimum absolute atomic E-state index is 0.0298. The van der Waals surface area contributed by atoms with Gasteiger partial charge in [-0.2, -0.15) is 0 Å². The third-order valence-corrected chi connectivity index (χ3v) is 4.85. The Morgan fingerprint density at radius 2 is 1.88 bits per heavy atom. The van der Waals surface area contributed by atoms with Gasteiger partial charge in [0, 0.05) is 36.6 Å². The van der Waals surface area contributed by atoms with Gasteiger partial charge in [-0.1, -0.05) is 17.7 Å². The zero-order valence-electron chi connectivity index (χ0n) is 14.0. The number of carbonyl (C=O) groups excluding carboxylic acids is 1. The molecule has 0 unspecified atom stereocenters. The summed E-state index contributed by atoms with van der Waals surface area (Å²) in [4.78, 5) is 27.2. The van der Waals surface area contributed by atoms with Crippen LogP contribution in [0.15, 0.2) is 61.2 Å². The van der Waals surface area contributed by atoms with Crippen LogP contribution in [0.5, 0.6) is 0 Å². The molecule has 26 heavy (non-hydrogen) atoms. The Labute approximate surface area is 156 Å². The maximum absolute atomic E-state index is 12.8. The summed E-state index contributed by atoms with van der Waals surface area (Å²) in [6, 6.07) is 11.4. The third-order valence-electron chi connectivity index (χ3n) is 4.62. The van der Waals surface area contributed by atoms with Crippen molar-refractivity contribution in [3.8, 4) is 11.3 Å². The average molecular weight is 365 g/mol. The van der Waals surface area contributed by atoms with Crippen LogP contribution in [0, 0.1) is 5.92 Å². The summed E-state index contributed by atoms with van der Waals surface area (Å²) in [6.07, 6.45) is 8.50. The molecular formula is C20H17ClN4O. The third kappa shape index (κ3) is 3.44. The van der Waals surface area contributed by atoms with E-state index in [0.29, 0.717) is 18.1 Å². The predicted octanol–water partition coefficient (Wildman–Crippen LogP) is 3.79. The Bertz CT molecular complexity index is 897. The number of hydrogen-bond donors (Lipinski definition) is 0. The molecule has 130 valence electrons. The fourth-order valence-corrected chi connectivity index (χ4v) is 3.35. The van der Waals surface area contributed by atoms with E-state index in [1.165, 1.54) is 0 Å². The normalized spacial score (nSPS) is 16.9. The van der Waals surface area contributed by atoms with Crippen molar-refractivity contribution in [3.63, 3.8) is 0 Å². The molecule has 0 bridgehead atoms. The van der Waals surface area contributed by atoms with Gasteiger partial charge in [0.15, 0.2) is 0 Å². The lowest BCUT2D eigenvalue weighted by Gasteiger charge is -2.17. The molecule has 1 saturated heterocycles. The molecule has 4 rings (SSSR count). The molecule has 0 saturated carbocycles. The number of anilines is 1. The van der Waals surface area contributed by atoms with E-state index in [-0.39, 0.29) is 11.8 Å². The molecule has 3 aromatic heterocycles. The minimum atomic E-state index is -0.0298. The van der Waals surface area contributed by atoms with Crippen LogP contribution in [0.4, 0.5) is 5.69 Å². The summed E-state index contributed by atoms with van der Waals surface area (Å²) in [5, 5.41) is 0.466.